The van der Waals surface area contributed by atoms with E-state index in [1.54, 1.807) is 39.0 Å². The van der Waals surface area contributed by atoms with Crippen molar-refractivity contribution in [3.8, 4) is 0 Å². The average molecular weight is 537 g/mol. The zero-order valence-corrected chi connectivity index (χ0v) is 22.4. The number of para-hydroxylation sites is 1. The van der Waals surface area contributed by atoms with E-state index in [1.165, 1.54) is 11.3 Å². The summed E-state index contributed by atoms with van der Waals surface area (Å²) in [4.78, 5) is 48.1. The van der Waals surface area contributed by atoms with Crippen LogP contribution in [0.5, 0.6) is 0 Å². The van der Waals surface area contributed by atoms with Crippen molar-refractivity contribution < 1.29 is 14.4 Å². The van der Waals surface area contributed by atoms with E-state index in [0.717, 1.165) is 21.3 Å². The SMILES string of the molecule is CNC(=O)N(C(C)C)N1CC(=O)N2[C@@H](Cc3ccc(N)cc3)C(=O)N(Cc3cccc4sc(N)nc34)C[C@@H]21. The number of hydrogen-bond donors (Lipinski definition) is 3. The van der Waals surface area contributed by atoms with E-state index < -0.39 is 12.2 Å². The number of amides is 4. The van der Waals surface area contributed by atoms with Gasteiger partial charge in [-0.15, -0.1) is 0 Å². The van der Waals surface area contributed by atoms with Crippen LogP contribution in [0.4, 0.5) is 15.6 Å². The van der Waals surface area contributed by atoms with E-state index in [1.807, 2.05) is 44.2 Å². The van der Waals surface area contributed by atoms with Crippen molar-refractivity contribution in [3.05, 3.63) is 53.6 Å². The molecule has 38 heavy (non-hydrogen) atoms. The smallest absolute Gasteiger partial charge is 0.331 e. The number of anilines is 2. The van der Waals surface area contributed by atoms with Gasteiger partial charge in [-0.05, 0) is 43.2 Å². The highest BCUT2D eigenvalue weighted by molar-refractivity contribution is 7.22. The molecule has 0 unspecified atom stereocenters. The molecule has 3 heterocycles. The first-order valence-corrected chi connectivity index (χ1v) is 13.3. The standard InChI is InChI=1S/C26H32N8O3S/c1-15(2)34(26(37)29-3)32-14-22(35)33-19(11-16-7-9-18(27)10-8-16)24(36)31(13-21(32)33)12-17-5-4-6-20-23(17)30-25(28)38-20/h4-10,15,19,21H,11-14,27H2,1-3H3,(H2,28,30)(H,29,37)/t19-,21+/m0/s1. The van der Waals surface area contributed by atoms with Gasteiger partial charge in [0.1, 0.15) is 12.2 Å². The molecule has 2 aliphatic heterocycles. The highest BCUT2D eigenvalue weighted by Crippen LogP contribution is 2.32. The van der Waals surface area contributed by atoms with Gasteiger partial charge in [0.15, 0.2) is 5.13 Å². The Morgan fingerprint density at radius 3 is 2.61 bits per heavy atom. The number of benzene rings is 2. The molecule has 200 valence electrons. The maximum atomic E-state index is 14.0. The lowest BCUT2D eigenvalue weighted by molar-refractivity contribution is -0.158. The summed E-state index contributed by atoms with van der Waals surface area (Å²) >= 11 is 1.40. The Labute approximate surface area is 224 Å². The molecule has 0 aliphatic carbocycles. The summed E-state index contributed by atoms with van der Waals surface area (Å²) in [5, 5.41) is 6.49. The third kappa shape index (κ3) is 4.61. The first kappa shape index (κ1) is 25.7. The fourth-order valence-electron chi connectivity index (χ4n) is 5.36. The van der Waals surface area contributed by atoms with Gasteiger partial charge in [0, 0.05) is 31.7 Å². The van der Waals surface area contributed by atoms with Crippen molar-refractivity contribution in [2.45, 2.75) is 45.1 Å². The molecule has 4 amide bonds. The largest absolute Gasteiger partial charge is 0.399 e. The molecule has 0 radical (unpaired) electrons. The third-order valence-corrected chi connectivity index (χ3v) is 7.89. The summed E-state index contributed by atoms with van der Waals surface area (Å²) in [5.41, 5.74) is 15.0. The predicted molar refractivity (Wildman–Crippen MR) is 147 cm³/mol. The number of hydrazine groups is 1. The molecular weight excluding hydrogens is 504 g/mol. The number of carbonyl (C=O) groups is 3. The van der Waals surface area contributed by atoms with Crippen molar-refractivity contribution >= 4 is 50.2 Å². The van der Waals surface area contributed by atoms with Crippen LogP contribution in [0.2, 0.25) is 0 Å². The summed E-state index contributed by atoms with van der Waals surface area (Å²) in [6.45, 7) is 4.36. The van der Waals surface area contributed by atoms with Gasteiger partial charge in [-0.3, -0.25) is 14.6 Å². The van der Waals surface area contributed by atoms with E-state index in [9.17, 15) is 14.4 Å². The van der Waals surface area contributed by atoms with Crippen LogP contribution in [0.3, 0.4) is 0 Å². The van der Waals surface area contributed by atoms with Gasteiger partial charge >= 0.3 is 6.03 Å². The second-order valence-corrected chi connectivity index (χ2v) is 10.9. The summed E-state index contributed by atoms with van der Waals surface area (Å²) in [6.07, 6.45) is -0.167. The number of urea groups is 1. The van der Waals surface area contributed by atoms with Crippen molar-refractivity contribution in [1.29, 1.82) is 0 Å². The first-order valence-electron chi connectivity index (χ1n) is 12.5. The second-order valence-electron chi connectivity index (χ2n) is 9.87. The topological polar surface area (TPSA) is 141 Å². The Kier molecular flexibility index (Phi) is 6.84. The average Bonchev–Trinajstić information content (AvgIpc) is 3.42. The Morgan fingerprint density at radius 2 is 1.92 bits per heavy atom. The minimum atomic E-state index is -0.728. The Balaban J connectivity index is 1.53. The van der Waals surface area contributed by atoms with Gasteiger partial charge in [0.25, 0.3) is 0 Å². The van der Waals surface area contributed by atoms with Crippen LogP contribution in [0.1, 0.15) is 25.0 Å². The van der Waals surface area contributed by atoms with Crippen LogP contribution in [0.25, 0.3) is 10.2 Å². The summed E-state index contributed by atoms with van der Waals surface area (Å²) < 4.78 is 0.952. The maximum absolute atomic E-state index is 14.0. The van der Waals surface area contributed by atoms with Gasteiger partial charge < -0.3 is 26.6 Å². The van der Waals surface area contributed by atoms with Crippen LogP contribution in [-0.2, 0) is 22.6 Å². The first-order chi connectivity index (χ1) is 18.2. The zero-order valence-electron chi connectivity index (χ0n) is 21.6. The molecule has 0 spiro atoms. The molecule has 12 heteroatoms. The molecule has 2 fully saturated rings. The molecule has 2 aliphatic rings. The van der Waals surface area contributed by atoms with E-state index >= 15 is 0 Å². The van der Waals surface area contributed by atoms with Gasteiger partial charge in [-0.1, -0.05) is 35.6 Å². The molecule has 5 rings (SSSR count). The number of aromatic nitrogens is 1. The van der Waals surface area contributed by atoms with Gasteiger partial charge in [-0.2, -0.15) is 5.01 Å². The van der Waals surface area contributed by atoms with Crippen LogP contribution in [0, 0.1) is 0 Å². The summed E-state index contributed by atoms with van der Waals surface area (Å²) in [6, 6.07) is 11.9. The van der Waals surface area contributed by atoms with Crippen molar-refractivity contribution in [2.24, 2.45) is 0 Å². The summed E-state index contributed by atoms with van der Waals surface area (Å²) in [7, 11) is 1.56. The van der Waals surface area contributed by atoms with Crippen LogP contribution in [-0.4, -0.2) is 81.0 Å². The Bertz CT molecular complexity index is 1370. The minimum Gasteiger partial charge on any atom is -0.399 e. The third-order valence-electron chi connectivity index (χ3n) is 7.04. The number of piperazine rings is 1. The predicted octanol–water partition coefficient (Wildman–Crippen LogP) is 1.85. The fourth-order valence-corrected chi connectivity index (χ4v) is 6.14. The molecule has 2 saturated heterocycles. The Hall–Kier alpha value is -3.90. The minimum absolute atomic E-state index is 0.00776. The van der Waals surface area contributed by atoms with Crippen LogP contribution < -0.4 is 16.8 Å². The molecule has 3 aromatic rings. The quantitative estimate of drug-likeness (QED) is 0.408. The number of fused-ring (bicyclic) bond motifs is 2. The molecule has 2 aromatic carbocycles. The highest BCUT2D eigenvalue weighted by Gasteiger charge is 2.52. The highest BCUT2D eigenvalue weighted by atomic mass is 32.1. The number of nitrogens with one attached hydrogen (secondary N) is 1. The molecule has 11 nitrogen and oxygen atoms in total. The van der Waals surface area contributed by atoms with E-state index in [2.05, 4.69) is 10.3 Å². The van der Waals surface area contributed by atoms with Crippen molar-refractivity contribution in [1.82, 2.24) is 30.1 Å². The fraction of sp³-hybridized carbons (Fsp3) is 0.385. The molecule has 1 aromatic heterocycles. The number of thiazole rings is 1. The molecule has 2 atom stereocenters. The van der Waals surface area contributed by atoms with Crippen molar-refractivity contribution in [3.63, 3.8) is 0 Å². The van der Waals surface area contributed by atoms with E-state index in [0.29, 0.717) is 23.8 Å². The van der Waals surface area contributed by atoms with E-state index in [-0.39, 0.29) is 37.0 Å². The lowest BCUT2D eigenvalue weighted by atomic mass is 9.99. The lowest BCUT2D eigenvalue weighted by Crippen LogP contribution is -2.66. The molecule has 0 saturated carbocycles. The summed E-state index contributed by atoms with van der Waals surface area (Å²) in [5.74, 6) is -0.336. The monoisotopic (exact) mass is 536 g/mol. The van der Waals surface area contributed by atoms with Crippen LogP contribution in [0.15, 0.2) is 42.5 Å². The van der Waals surface area contributed by atoms with Crippen molar-refractivity contribution in [2.75, 3.05) is 31.6 Å². The van der Waals surface area contributed by atoms with E-state index in [4.69, 9.17) is 11.5 Å². The lowest BCUT2D eigenvalue weighted by Gasteiger charge is -2.47. The van der Waals surface area contributed by atoms with Crippen LogP contribution >= 0.6 is 11.3 Å². The molecular formula is C26H32N8O3S. The number of rotatable bonds is 6. The van der Waals surface area contributed by atoms with Gasteiger partial charge in [0.05, 0.1) is 23.3 Å². The second kappa shape index (κ2) is 10.1. The zero-order chi connectivity index (χ0) is 27.1. The number of nitrogens with two attached hydrogens (primary N) is 2. The number of nitrogens with zero attached hydrogens (tertiary/aromatic N) is 5. The normalized spacial score (nSPS) is 19.9. The maximum Gasteiger partial charge on any atom is 0.331 e. The number of nitrogen functional groups attached to an aromatic ring is 2. The van der Waals surface area contributed by atoms with Gasteiger partial charge in [0.2, 0.25) is 11.8 Å². The molecule has 5 N–H and O–H groups in total. The number of carbonyl (C=O) groups excluding carboxylic acids is 3. The Morgan fingerprint density at radius 1 is 1.18 bits per heavy atom. The molecule has 0 bridgehead atoms. The van der Waals surface area contributed by atoms with Gasteiger partial charge in [-0.25, -0.2) is 9.78 Å². The number of hydrogen-bond acceptors (Lipinski definition) is 8.